The monoisotopic (exact) mass is 270 g/mol. The SMILES string of the molecule is Cc1cccc(C2(C(=O)O)CC(=O)C2)c1OC(F)F. The van der Waals surface area contributed by atoms with E-state index in [1.807, 2.05) is 0 Å². The number of ketones is 1. The third-order valence-electron chi connectivity index (χ3n) is 3.34. The zero-order valence-corrected chi connectivity index (χ0v) is 10.2. The minimum atomic E-state index is -3.04. The first kappa shape index (κ1) is 13.5. The summed E-state index contributed by atoms with van der Waals surface area (Å²) in [6.07, 6.45) is -0.378. The number of aliphatic carboxylic acids is 1. The zero-order chi connectivity index (χ0) is 14.2. The number of hydrogen-bond acceptors (Lipinski definition) is 3. The zero-order valence-electron chi connectivity index (χ0n) is 10.2. The average Bonchev–Trinajstić information content (AvgIpc) is 2.26. The number of rotatable bonds is 4. The minimum absolute atomic E-state index is 0.139. The number of carboxylic acid groups (broad SMARTS) is 1. The molecule has 1 aromatic carbocycles. The first-order valence-corrected chi connectivity index (χ1v) is 5.67. The number of benzene rings is 1. The number of carbonyl (C=O) groups excluding carboxylic acids is 1. The molecule has 0 radical (unpaired) electrons. The van der Waals surface area contributed by atoms with E-state index in [9.17, 15) is 23.5 Å². The highest BCUT2D eigenvalue weighted by atomic mass is 19.3. The van der Waals surface area contributed by atoms with Gasteiger partial charge >= 0.3 is 12.6 Å². The summed E-state index contributed by atoms with van der Waals surface area (Å²) >= 11 is 0. The molecule has 0 heterocycles. The van der Waals surface area contributed by atoms with Crippen LogP contribution >= 0.6 is 0 Å². The molecule has 1 fully saturated rings. The smallest absolute Gasteiger partial charge is 0.387 e. The number of para-hydroxylation sites is 1. The Labute approximate surface area is 108 Å². The van der Waals surface area contributed by atoms with Gasteiger partial charge in [-0.25, -0.2) is 0 Å². The molecule has 102 valence electrons. The lowest BCUT2D eigenvalue weighted by Crippen LogP contribution is -2.48. The lowest BCUT2D eigenvalue weighted by molar-refractivity contribution is -0.153. The second kappa shape index (κ2) is 4.60. The number of alkyl halides is 2. The maximum atomic E-state index is 12.4. The van der Waals surface area contributed by atoms with Gasteiger partial charge in [-0.3, -0.25) is 9.59 Å². The molecule has 2 rings (SSSR count). The topological polar surface area (TPSA) is 63.6 Å². The van der Waals surface area contributed by atoms with Crippen molar-refractivity contribution < 1.29 is 28.2 Å². The molecule has 0 amide bonds. The van der Waals surface area contributed by atoms with Gasteiger partial charge in [0.2, 0.25) is 0 Å². The van der Waals surface area contributed by atoms with Gasteiger partial charge in [-0.1, -0.05) is 18.2 Å². The molecule has 1 aliphatic rings. The van der Waals surface area contributed by atoms with Crippen LogP contribution in [0.3, 0.4) is 0 Å². The van der Waals surface area contributed by atoms with E-state index in [0.717, 1.165) is 0 Å². The molecule has 0 aliphatic heterocycles. The van der Waals surface area contributed by atoms with E-state index in [2.05, 4.69) is 4.74 Å². The van der Waals surface area contributed by atoms with Crippen LogP contribution in [0.25, 0.3) is 0 Å². The number of carbonyl (C=O) groups is 2. The van der Waals surface area contributed by atoms with Crippen LogP contribution in [0.15, 0.2) is 18.2 Å². The fourth-order valence-electron chi connectivity index (χ4n) is 2.35. The van der Waals surface area contributed by atoms with E-state index in [1.165, 1.54) is 6.07 Å². The fraction of sp³-hybridized carbons (Fsp3) is 0.385. The summed E-state index contributed by atoms with van der Waals surface area (Å²) in [6.45, 7) is -1.49. The van der Waals surface area contributed by atoms with Gasteiger partial charge in [0, 0.05) is 18.4 Å². The van der Waals surface area contributed by atoms with Crippen molar-refractivity contribution in [3.8, 4) is 5.75 Å². The Morgan fingerprint density at radius 2 is 2.05 bits per heavy atom. The van der Waals surface area contributed by atoms with Crippen LogP contribution in [0, 0.1) is 6.92 Å². The van der Waals surface area contributed by atoms with E-state index in [0.29, 0.717) is 5.56 Å². The predicted molar refractivity (Wildman–Crippen MR) is 61.4 cm³/mol. The van der Waals surface area contributed by atoms with Crippen molar-refractivity contribution in [2.45, 2.75) is 31.8 Å². The molecular formula is C13H12F2O4. The summed E-state index contributed by atoms with van der Waals surface area (Å²) < 4.78 is 29.3. The fourth-order valence-corrected chi connectivity index (χ4v) is 2.35. The second-order valence-corrected chi connectivity index (χ2v) is 4.61. The van der Waals surface area contributed by atoms with Gasteiger partial charge in [0.05, 0.1) is 0 Å². The van der Waals surface area contributed by atoms with Crippen molar-refractivity contribution in [2.75, 3.05) is 0 Å². The number of carboxylic acids is 1. The summed E-state index contributed by atoms with van der Waals surface area (Å²) in [7, 11) is 0. The number of aryl methyl sites for hydroxylation is 1. The summed E-state index contributed by atoms with van der Waals surface area (Å²) in [6, 6.07) is 4.54. The van der Waals surface area contributed by atoms with Gasteiger partial charge in [-0.05, 0) is 12.5 Å². The van der Waals surface area contributed by atoms with Crippen LogP contribution in [0.4, 0.5) is 8.78 Å². The maximum Gasteiger partial charge on any atom is 0.387 e. The molecule has 0 unspecified atom stereocenters. The van der Waals surface area contributed by atoms with Gasteiger partial charge in [-0.15, -0.1) is 0 Å². The van der Waals surface area contributed by atoms with Crippen molar-refractivity contribution in [3.05, 3.63) is 29.3 Å². The number of Topliss-reactive ketones (excluding diaryl/α,β-unsaturated/α-hetero) is 1. The number of ether oxygens (including phenoxy) is 1. The second-order valence-electron chi connectivity index (χ2n) is 4.61. The van der Waals surface area contributed by atoms with Crippen molar-refractivity contribution >= 4 is 11.8 Å². The first-order valence-electron chi connectivity index (χ1n) is 5.67. The highest BCUT2D eigenvalue weighted by molar-refractivity contribution is 6.02. The van der Waals surface area contributed by atoms with Crippen molar-refractivity contribution in [1.82, 2.24) is 0 Å². The molecule has 1 saturated carbocycles. The quantitative estimate of drug-likeness (QED) is 0.911. The van der Waals surface area contributed by atoms with E-state index < -0.39 is 18.0 Å². The Balaban J connectivity index is 2.52. The van der Waals surface area contributed by atoms with E-state index in [1.54, 1.807) is 19.1 Å². The van der Waals surface area contributed by atoms with Gasteiger partial charge in [-0.2, -0.15) is 8.78 Å². The van der Waals surface area contributed by atoms with E-state index >= 15 is 0 Å². The highest BCUT2D eigenvalue weighted by Gasteiger charge is 2.53. The van der Waals surface area contributed by atoms with Crippen LogP contribution < -0.4 is 4.74 Å². The van der Waals surface area contributed by atoms with Crippen LogP contribution in [0.1, 0.15) is 24.0 Å². The van der Waals surface area contributed by atoms with Crippen molar-refractivity contribution in [1.29, 1.82) is 0 Å². The number of hydrogen-bond donors (Lipinski definition) is 1. The third-order valence-corrected chi connectivity index (χ3v) is 3.34. The van der Waals surface area contributed by atoms with E-state index in [4.69, 9.17) is 0 Å². The Morgan fingerprint density at radius 3 is 2.53 bits per heavy atom. The molecule has 0 spiro atoms. The molecule has 1 N–H and O–H groups in total. The molecule has 19 heavy (non-hydrogen) atoms. The maximum absolute atomic E-state index is 12.4. The third kappa shape index (κ3) is 2.18. The lowest BCUT2D eigenvalue weighted by atomic mass is 9.63. The van der Waals surface area contributed by atoms with Gasteiger partial charge in [0.15, 0.2) is 0 Å². The molecular weight excluding hydrogens is 258 g/mol. The molecule has 1 aliphatic carbocycles. The molecule has 0 atom stereocenters. The van der Waals surface area contributed by atoms with Gasteiger partial charge < -0.3 is 9.84 Å². The summed E-state index contributed by atoms with van der Waals surface area (Å²) in [5.41, 5.74) is -0.884. The average molecular weight is 270 g/mol. The Bertz CT molecular complexity index is 531. The standard InChI is InChI=1S/C13H12F2O4/c1-7-3-2-4-9(10(7)19-12(14)15)13(11(17)18)5-8(16)6-13/h2-4,12H,5-6H2,1H3,(H,17,18). The summed E-state index contributed by atoms with van der Waals surface area (Å²) in [5, 5.41) is 9.31. The van der Waals surface area contributed by atoms with Gasteiger partial charge in [0.25, 0.3) is 0 Å². The summed E-state index contributed by atoms with van der Waals surface area (Å²) in [5.74, 6) is -1.55. The normalized spacial score (nSPS) is 17.2. The Hall–Kier alpha value is -1.98. The molecule has 0 aromatic heterocycles. The van der Waals surface area contributed by atoms with Crippen LogP contribution in [0.2, 0.25) is 0 Å². The van der Waals surface area contributed by atoms with Crippen LogP contribution in [-0.4, -0.2) is 23.5 Å². The summed E-state index contributed by atoms with van der Waals surface area (Å²) in [4.78, 5) is 22.6. The Kier molecular flexibility index (Phi) is 3.26. The first-order chi connectivity index (χ1) is 8.86. The lowest BCUT2D eigenvalue weighted by Gasteiger charge is -2.37. The predicted octanol–water partition coefficient (Wildman–Crippen LogP) is 2.28. The van der Waals surface area contributed by atoms with Crippen LogP contribution in [-0.2, 0) is 15.0 Å². The van der Waals surface area contributed by atoms with E-state index in [-0.39, 0.29) is 29.9 Å². The van der Waals surface area contributed by atoms with Gasteiger partial charge in [0.1, 0.15) is 16.9 Å². The molecule has 6 heteroatoms. The van der Waals surface area contributed by atoms with Crippen LogP contribution in [0.5, 0.6) is 5.75 Å². The largest absolute Gasteiger partial charge is 0.481 e. The molecule has 4 nitrogen and oxygen atoms in total. The molecule has 0 saturated heterocycles. The highest BCUT2D eigenvalue weighted by Crippen LogP contribution is 2.46. The van der Waals surface area contributed by atoms with Crippen molar-refractivity contribution in [2.24, 2.45) is 0 Å². The Morgan fingerprint density at radius 1 is 1.42 bits per heavy atom. The van der Waals surface area contributed by atoms with Crippen molar-refractivity contribution in [3.63, 3.8) is 0 Å². The number of halogens is 2. The molecule has 1 aromatic rings. The molecule has 0 bridgehead atoms. The minimum Gasteiger partial charge on any atom is -0.481 e.